The third-order valence-corrected chi connectivity index (χ3v) is 4.02. The van der Waals surface area contributed by atoms with Crippen LogP contribution >= 0.6 is 11.6 Å². The van der Waals surface area contributed by atoms with Gasteiger partial charge >= 0.3 is 0 Å². The zero-order valence-corrected chi connectivity index (χ0v) is 12.0. The molecular formula is C16H12ClN3O. The minimum Gasteiger partial charge on any atom is -0.508 e. The lowest BCUT2D eigenvalue weighted by Gasteiger charge is -2.37. The molecule has 104 valence electrons. The van der Waals surface area contributed by atoms with Gasteiger partial charge in [0, 0.05) is 16.3 Å². The first-order valence-electron chi connectivity index (χ1n) is 6.37. The monoisotopic (exact) mass is 297 g/mol. The van der Waals surface area contributed by atoms with Crippen LogP contribution in [0.3, 0.4) is 0 Å². The number of hydrogen-bond acceptors (Lipinski definition) is 3. The van der Waals surface area contributed by atoms with E-state index in [-0.39, 0.29) is 17.2 Å². The molecule has 1 aromatic carbocycles. The van der Waals surface area contributed by atoms with Gasteiger partial charge in [-0.25, -0.2) is 0 Å². The standard InChI is InChI=1S/C16H12ClN3O/c1-16-6-5-12(21)8-14(16)13(9-18)15(19)20(16)11-4-2-3-10(17)7-11/h2-8,19,21H,1H3. The number of allylic oxidation sites excluding steroid dienone is 1. The van der Waals surface area contributed by atoms with Crippen LogP contribution in [0.5, 0.6) is 0 Å². The summed E-state index contributed by atoms with van der Waals surface area (Å²) < 4.78 is 0. The smallest absolute Gasteiger partial charge is 0.144 e. The number of rotatable bonds is 1. The Labute approximate surface area is 127 Å². The summed E-state index contributed by atoms with van der Waals surface area (Å²) in [6, 6.07) is 9.22. The first-order valence-corrected chi connectivity index (χ1v) is 6.74. The van der Waals surface area contributed by atoms with Gasteiger partial charge in [0.05, 0.1) is 5.54 Å². The van der Waals surface area contributed by atoms with E-state index < -0.39 is 5.54 Å². The number of nitrogens with one attached hydrogen (secondary N) is 1. The van der Waals surface area contributed by atoms with Crippen LogP contribution in [0.2, 0.25) is 5.02 Å². The van der Waals surface area contributed by atoms with Crippen LogP contribution in [0.1, 0.15) is 6.92 Å². The molecule has 0 bridgehead atoms. The Morgan fingerprint density at radius 2 is 2.19 bits per heavy atom. The molecule has 3 rings (SSSR count). The quantitative estimate of drug-likeness (QED) is 0.829. The molecule has 1 heterocycles. The number of halogens is 1. The number of amidine groups is 1. The van der Waals surface area contributed by atoms with E-state index in [2.05, 4.69) is 6.07 Å². The average molecular weight is 298 g/mol. The zero-order valence-electron chi connectivity index (χ0n) is 11.3. The highest BCUT2D eigenvalue weighted by Gasteiger charge is 2.46. The van der Waals surface area contributed by atoms with Gasteiger partial charge in [-0.3, -0.25) is 5.41 Å². The summed E-state index contributed by atoms with van der Waals surface area (Å²) in [6.45, 7) is 1.90. The van der Waals surface area contributed by atoms with E-state index in [9.17, 15) is 10.4 Å². The maximum atomic E-state index is 9.69. The van der Waals surface area contributed by atoms with Crippen LogP contribution in [0.25, 0.3) is 0 Å². The second-order valence-corrected chi connectivity index (χ2v) is 5.55. The largest absolute Gasteiger partial charge is 0.508 e. The molecule has 5 heteroatoms. The first kappa shape index (κ1) is 13.5. The molecule has 1 aliphatic heterocycles. The highest BCUT2D eigenvalue weighted by atomic mass is 35.5. The highest BCUT2D eigenvalue weighted by Crippen LogP contribution is 2.43. The lowest BCUT2D eigenvalue weighted by molar-refractivity contribution is 0.427. The lowest BCUT2D eigenvalue weighted by atomic mass is 9.86. The molecule has 2 aliphatic rings. The Bertz CT molecular complexity index is 785. The molecule has 0 saturated carbocycles. The number of benzene rings is 1. The molecule has 0 aromatic heterocycles. The Morgan fingerprint density at radius 1 is 1.43 bits per heavy atom. The number of fused-ring (bicyclic) bond motifs is 1. The molecule has 1 aliphatic carbocycles. The van der Waals surface area contributed by atoms with E-state index in [1.807, 2.05) is 13.0 Å². The minimum atomic E-state index is -0.681. The van der Waals surface area contributed by atoms with E-state index in [1.165, 1.54) is 6.08 Å². The van der Waals surface area contributed by atoms with E-state index in [0.717, 1.165) is 5.69 Å². The summed E-state index contributed by atoms with van der Waals surface area (Å²) in [6.07, 6.45) is 4.91. The van der Waals surface area contributed by atoms with E-state index in [1.54, 1.807) is 35.3 Å². The number of aliphatic hydroxyl groups excluding tert-OH is 1. The van der Waals surface area contributed by atoms with Gasteiger partial charge in [-0.05, 0) is 37.3 Å². The van der Waals surface area contributed by atoms with Gasteiger partial charge < -0.3 is 10.0 Å². The SMILES string of the molecule is CC12C=CC(O)=CC1=C(C#N)C(=N)N2c1cccc(Cl)c1. The number of nitrogens with zero attached hydrogens (tertiary/aromatic N) is 2. The van der Waals surface area contributed by atoms with Crippen molar-refractivity contribution >= 4 is 23.1 Å². The predicted octanol–water partition coefficient (Wildman–Crippen LogP) is 3.73. The molecule has 0 spiro atoms. The predicted molar refractivity (Wildman–Crippen MR) is 82.6 cm³/mol. The molecule has 0 amide bonds. The van der Waals surface area contributed by atoms with Crippen molar-refractivity contribution in [1.82, 2.24) is 0 Å². The summed E-state index contributed by atoms with van der Waals surface area (Å²) >= 11 is 6.04. The van der Waals surface area contributed by atoms with E-state index in [0.29, 0.717) is 10.6 Å². The fraction of sp³-hybridized carbons (Fsp3) is 0.125. The molecule has 0 radical (unpaired) electrons. The van der Waals surface area contributed by atoms with Crippen molar-refractivity contribution in [1.29, 1.82) is 10.7 Å². The van der Waals surface area contributed by atoms with Crippen molar-refractivity contribution < 1.29 is 5.11 Å². The highest BCUT2D eigenvalue weighted by molar-refractivity contribution is 6.31. The number of aliphatic hydroxyl groups is 1. The molecule has 1 aromatic rings. The third kappa shape index (κ3) is 1.86. The van der Waals surface area contributed by atoms with Crippen LogP contribution in [0.4, 0.5) is 5.69 Å². The van der Waals surface area contributed by atoms with Crippen LogP contribution in [-0.4, -0.2) is 16.5 Å². The van der Waals surface area contributed by atoms with Gasteiger partial charge in [0.25, 0.3) is 0 Å². The maximum Gasteiger partial charge on any atom is 0.144 e. The van der Waals surface area contributed by atoms with Gasteiger partial charge in [0.15, 0.2) is 0 Å². The normalized spacial score (nSPS) is 24.0. The first-order chi connectivity index (χ1) is 9.97. The fourth-order valence-electron chi connectivity index (χ4n) is 2.80. The molecular weight excluding hydrogens is 286 g/mol. The number of nitriles is 1. The maximum absolute atomic E-state index is 9.69. The molecule has 1 unspecified atom stereocenters. The summed E-state index contributed by atoms with van der Waals surface area (Å²) in [5.74, 6) is 0.184. The minimum absolute atomic E-state index is 0.0796. The summed E-state index contributed by atoms with van der Waals surface area (Å²) in [5.41, 5.74) is 0.930. The number of anilines is 1. The molecule has 21 heavy (non-hydrogen) atoms. The molecule has 1 atom stereocenters. The van der Waals surface area contributed by atoms with Gasteiger partial charge in [-0.1, -0.05) is 23.7 Å². The molecule has 0 fully saturated rings. The van der Waals surface area contributed by atoms with Crippen LogP contribution in [-0.2, 0) is 0 Å². The second kappa shape index (κ2) is 4.51. The average Bonchev–Trinajstić information content (AvgIpc) is 2.65. The van der Waals surface area contributed by atoms with Crippen LogP contribution in [0, 0.1) is 16.7 Å². The van der Waals surface area contributed by atoms with E-state index in [4.69, 9.17) is 17.0 Å². The topological polar surface area (TPSA) is 71.1 Å². The van der Waals surface area contributed by atoms with Crippen molar-refractivity contribution in [2.24, 2.45) is 0 Å². The second-order valence-electron chi connectivity index (χ2n) is 5.11. The van der Waals surface area contributed by atoms with Crippen molar-refractivity contribution in [3.63, 3.8) is 0 Å². The van der Waals surface area contributed by atoms with Gasteiger partial charge in [-0.15, -0.1) is 0 Å². The van der Waals surface area contributed by atoms with Crippen LogP contribution < -0.4 is 4.90 Å². The molecule has 2 N–H and O–H groups in total. The van der Waals surface area contributed by atoms with Crippen molar-refractivity contribution in [2.45, 2.75) is 12.5 Å². The molecule has 0 saturated heterocycles. The summed E-state index contributed by atoms with van der Waals surface area (Å²) in [7, 11) is 0. The Hall–Kier alpha value is -2.51. The third-order valence-electron chi connectivity index (χ3n) is 3.79. The van der Waals surface area contributed by atoms with Crippen LogP contribution in [0.15, 0.2) is 59.4 Å². The Balaban J connectivity index is 2.21. The Morgan fingerprint density at radius 3 is 2.86 bits per heavy atom. The van der Waals surface area contributed by atoms with Gasteiger partial charge in [-0.2, -0.15) is 5.26 Å². The van der Waals surface area contributed by atoms with Crippen molar-refractivity contribution in [3.05, 3.63) is 64.4 Å². The Kier molecular flexibility index (Phi) is 2.89. The molecule has 4 nitrogen and oxygen atoms in total. The lowest BCUT2D eigenvalue weighted by Crippen LogP contribution is -2.45. The van der Waals surface area contributed by atoms with Gasteiger partial charge in [0.2, 0.25) is 0 Å². The van der Waals surface area contributed by atoms with Gasteiger partial charge in [0.1, 0.15) is 23.2 Å². The summed E-state index contributed by atoms with van der Waals surface area (Å²) in [5, 5.41) is 27.9. The number of hydrogen-bond donors (Lipinski definition) is 2. The van der Waals surface area contributed by atoms with Crippen molar-refractivity contribution in [3.8, 4) is 6.07 Å². The van der Waals surface area contributed by atoms with E-state index >= 15 is 0 Å². The summed E-state index contributed by atoms with van der Waals surface area (Å²) in [4.78, 5) is 1.74. The fourth-order valence-corrected chi connectivity index (χ4v) is 2.98. The zero-order chi connectivity index (χ0) is 15.2. The van der Waals surface area contributed by atoms with Crippen molar-refractivity contribution in [2.75, 3.05) is 4.90 Å².